The number of nitrogen functional groups attached to an aromatic ring is 1. The molecule has 30 nitrogen and oxygen atoms in total. The van der Waals surface area contributed by atoms with Crippen LogP contribution in [0.15, 0.2) is 116 Å². The fourth-order valence-electron chi connectivity index (χ4n) is 9.14. The van der Waals surface area contributed by atoms with Crippen LogP contribution in [0.2, 0.25) is 0 Å². The van der Waals surface area contributed by atoms with Gasteiger partial charge in [-0.05, 0) is 173 Å². The number of aromatic nitrogens is 7. The number of aliphatic imine (C=N–C) groups is 4. The number of hydrogen-bond acceptors (Lipinski definition) is 21. The summed E-state index contributed by atoms with van der Waals surface area (Å²) in [5.41, 5.74) is 33.6. The summed E-state index contributed by atoms with van der Waals surface area (Å²) in [5, 5.41) is 14.3. The lowest BCUT2D eigenvalue weighted by atomic mass is 9.98. The molecular formula is C81H149N23O7S. The van der Waals surface area contributed by atoms with Gasteiger partial charge in [-0.3, -0.25) is 54.2 Å². The molecule has 31 heteroatoms. The molecule has 0 fully saturated rings. The predicted molar refractivity (Wildman–Crippen MR) is 466 cm³/mol. The molecule has 1 amide bonds. The third kappa shape index (κ3) is 56.2. The molecule has 11 N–H and O–H groups in total. The summed E-state index contributed by atoms with van der Waals surface area (Å²) in [7, 11) is 9.56. The van der Waals surface area contributed by atoms with Gasteiger partial charge < -0.3 is 43.5 Å². The summed E-state index contributed by atoms with van der Waals surface area (Å²) in [4.78, 5) is 69.3. The number of nitrogens with two attached hydrogens (primary N) is 5. The number of pyridine rings is 3. The number of imidazole rings is 1. The van der Waals surface area contributed by atoms with E-state index in [-0.39, 0.29) is 53.8 Å². The van der Waals surface area contributed by atoms with E-state index < -0.39 is 15.3 Å². The Morgan fingerprint density at radius 1 is 0.616 bits per heavy atom. The van der Waals surface area contributed by atoms with Crippen LogP contribution in [0, 0.1) is 62.2 Å². The summed E-state index contributed by atoms with van der Waals surface area (Å²) >= 11 is 0. The van der Waals surface area contributed by atoms with Gasteiger partial charge >= 0.3 is 0 Å². The van der Waals surface area contributed by atoms with E-state index in [1.54, 1.807) is 102 Å². The maximum Gasteiger partial charge on any atom is 0.239 e. The summed E-state index contributed by atoms with van der Waals surface area (Å²) in [5.74, 6) is 6.01. The normalized spacial score (nSPS) is 12.6. The highest BCUT2D eigenvalue weighted by Gasteiger charge is 2.28. The third-order valence-electron chi connectivity index (χ3n) is 14.6. The van der Waals surface area contributed by atoms with Crippen molar-refractivity contribution in [3.05, 3.63) is 120 Å². The zero-order valence-corrected chi connectivity index (χ0v) is 75.4. The lowest BCUT2D eigenvalue weighted by molar-refractivity contribution is -0.130. The average Bonchev–Trinajstić information content (AvgIpc) is 1.00. The van der Waals surface area contributed by atoms with Gasteiger partial charge in [0.15, 0.2) is 11.7 Å². The molecule has 5 aromatic rings. The number of guanidine groups is 4. The zero-order valence-electron chi connectivity index (χ0n) is 74.6. The number of nitrogens with zero attached hydrogens (tertiary/aromatic N) is 17. The first-order valence-electron chi connectivity index (χ1n) is 38.3. The van der Waals surface area contributed by atoms with Crippen molar-refractivity contribution in [2.45, 2.75) is 242 Å². The SMILES string of the molecule is C/C(CC(C)C)=N\n1ccnc1N.CC(C)Oc1ccncc1.CN=C(N)N(C)/N=C/C(C)C.CN=C(N)N(C)C(=O)C(C)CC(C)C.CN=C(N)N(C)OC(C)CC(C)C.CN=C(N)N(C)S(=O)(=O)C(C)CC(C)C.Cc1cc(C(=O)C(C)C)ccn1.Cc1cc(CNC(C)C)ccn1.Cc1nccc(COC(C)C)n1. The van der Waals surface area contributed by atoms with E-state index in [2.05, 4.69) is 141 Å². The monoisotopic (exact) mass is 1590 g/mol. The number of carbonyl (C=O) groups excluding carboxylic acids is 2. The lowest BCUT2D eigenvalue weighted by Gasteiger charge is -2.23. The van der Waals surface area contributed by atoms with Gasteiger partial charge in [0.2, 0.25) is 39.8 Å². The van der Waals surface area contributed by atoms with Crippen LogP contribution in [-0.4, -0.2) is 196 Å². The number of ether oxygens (including phenoxy) is 2. The van der Waals surface area contributed by atoms with Crippen LogP contribution in [0.25, 0.3) is 0 Å². The highest BCUT2D eigenvalue weighted by molar-refractivity contribution is 7.90. The molecule has 5 rings (SSSR count). The number of aryl methyl sites for hydroxylation is 3. The molecule has 112 heavy (non-hydrogen) atoms. The van der Waals surface area contributed by atoms with Crippen molar-refractivity contribution in [3.63, 3.8) is 0 Å². The molecule has 0 radical (unpaired) electrons. The number of hydroxylamine groups is 2. The number of sulfonamides is 1. The van der Waals surface area contributed by atoms with E-state index in [0.29, 0.717) is 66.5 Å². The largest absolute Gasteiger partial charge is 0.491 e. The Morgan fingerprint density at radius 2 is 1.14 bits per heavy atom. The molecule has 0 spiro atoms. The van der Waals surface area contributed by atoms with Gasteiger partial charge in [-0.15, -0.1) is 0 Å². The molecule has 0 saturated heterocycles. The molecule has 0 saturated carbocycles. The maximum atomic E-state index is 11.9. The van der Waals surface area contributed by atoms with E-state index in [1.807, 2.05) is 140 Å². The van der Waals surface area contributed by atoms with Crippen molar-refractivity contribution in [3.8, 4) is 5.75 Å². The zero-order chi connectivity index (χ0) is 87.1. The fraction of sp³-hybridized carbons (Fsp3) is 0.630. The molecule has 3 unspecified atom stereocenters. The summed E-state index contributed by atoms with van der Waals surface area (Å²) in [6, 6.07) is 13.8. The molecule has 5 aromatic heterocycles. The molecule has 0 bridgehead atoms. The topological polar surface area (TPSA) is 407 Å². The molecule has 0 aliphatic rings. The van der Waals surface area contributed by atoms with E-state index in [9.17, 15) is 18.0 Å². The Morgan fingerprint density at radius 3 is 1.58 bits per heavy atom. The van der Waals surface area contributed by atoms with Crippen LogP contribution in [0.4, 0.5) is 5.95 Å². The number of Topliss-reactive ketones (excluding diaryl/α,β-unsaturated/α-hetero) is 1. The molecule has 3 atom stereocenters. The predicted octanol–water partition coefficient (Wildman–Crippen LogP) is 12.9. The van der Waals surface area contributed by atoms with Crippen molar-refractivity contribution < 1.29 is 32.3 Å². The van der Waals surface area contributed by atoms with Gasteiger partial charge in [-0.25, -0.2) is 42.4 Å². The van der Waals surface area contributed by atoms with Crippen molar-refractivity contribution in [1.29, 1.82) is 0 Å². The standard InChI is InChI=1S/C10H21N3O.C10H16N2.C10H13NO.C9H16N4.C9H21N3O2S.C9H21N3O.C9H14N2O.C8H11NO.C7H16N4/c1-7(2)6-8(3)9(14)13(5)10(11)12-4;1-8(2)12-7-10-4-5-11-9(3)6-10;1-7(2)10(12)9-4-5-11-8(3)6-9;1-7(2)6-8(3)12-13-5-4-11-9(13)10;1-7(2)6-8(3)15(13,14)12(5)9(10)11-4;1-7(2)6-8(3)13-12(5)9(10)11-4;1-7(2)12-6-9-4-5-10-8(3)11-9;1-7(2)10-8-3-5-9-6-4-8;1-6(2)5-10-11(4)7(8)9-3/h7-8H,6H2,1-5H3,(H2,11,12);4-6,8,12H,7H2,1-3H3;4-7H,1-3H3;4-5,7H,6H2,1-3H3,(H2,10,11);7-8H,6H2,1-5H3,(H2,10,11);7-8H,6H2,1-5H3,(H2,10,11);4-5,7H,6H2,1-3H3;3-7H,1-2H3;5-6H,1-4H3,(H2,8,9)/b;;;12-8+;;;;;10-5+. The van der Waals surface area contributed by atoms with Gasteiger partial charge in [0, 0.05) is 147 Å². The first-order valence-corrected chi connectivity index (χ1v) is 39.8. The lowest BCUT2D eigenvalue weighted by Crippen LogP contribution is -2.43. The number of anilines is 1. The van der Waals surface area contributed by atoms with E-state index in [1.165, 1.54) is 29.6 Å². The van der Waals surface area contributed by atoms with Crippen LogP contribution >= 0.6 is 0 Å². The van der Waals surface area contributed by atoms with Crippen LogP contribution in [0.3, 0.4) is 0 Å². The van der Waals surface area contributed by atoms with Crippen LogP contribution in [0.5, 0.6) is 5.75 Å². The van der Waals surface area contributed by atoms with E-state index in [0.717, 1.165) is 70.0 Å². The van der Waals surface area contributed by atoms with Crippen molar-refractivity contribution >= 4 is 63.4 Å². The second-order valence-electron chi connectivity index (χ2n) is 29.7. The first kappa shape index (κ1) is 109. The van der Waals surface area contributed by atoms with Crippen LogP contribution in [-0.2, 0) is 37.5 Å². The summed E-state index contributed by atoms with van der Waals surface area (Å²) in [6.07, 6.45) is 18.1. The minimum Gasteiger partial charge on any atom is -0.491 e. The van der Waals surface area contributed by atoms with Crippen molar-refractivity contribution in [2.24, 2.45) is 94.5 Å². The Labute approximate surface area is 675 Å². The average molecular weight is 1590 g/mol. The number of hydrazone groups is 1. The summed E-state index contributed by atoms with van der Waals surface area (Å²) < 4.78 is 37.3. The maximum absolute atomic E-state index is 11.9. The Hall–Kier alpha value is -9.07. The van der Waals surface area contributed by atoms with E-state index in [4.69, 9.17) is 43.0 Å². The van der Waals surface area contributed by atoms with Gasteiger partial charge in [0.05, 0.1) is 42.1 Å². The summed E-state index contributed by atoms with van der Waals surface area (Å²) in [6.45, 7) is 52.0. The van der Waals surface area contributed by atoms with Crippen molar-refractivity contribution in [1.82, 2.24) is 59.2 Å². The molecule has 636 valence electrons. The van der Waals surface area contributed by atoms with Gasteiger partial charge in [0.25, 0.3) is 0 Å². The Balaban J connectivity index is -0.000000587. The fourth-order valence-corrected chi connectivity index (χ4v) is 10.7. The number of amides is 1. The Kier molecular flexibility index (Phi) is 60.0. The number of nitrogens with one attached hydrogen (secondary N) is 1. The minimum absolute atomic E-state index is 0.000278. The number of hydrogen-bond donors (Lipinski definition) is 6. The molecule has 5 heterocycles. The number of carbonyl (C=O) groups is 2. The number of rotatable bonds is 26. The second-order valence-corrected chi connectivity index (χ2v) is 32.1. The van der Waals surface area contributed by atoms with Crippen LogP contribution < -0.4 is 38.7 Å². The first-order chi connectivity index (χ1) is 52.0. The molecule has 0 aromatic carbocycles. The highest BCUT2D eigenvalue weighted by Crippen LogP contribution is 2.17. The van der Waals surface area contributed by atoms with Gasteiger partial charge in [-0.1, -0.05) is 104 Å². The Bertz CT molecular complexity index is 3560. The van der Waals surface area contributed by atoms with E-state index >= 15 is 0 Å². The smallest absolute Gasteiger partial charge is 0.239 e. The quantitative estimate of drug-likeness (QED) is 0.0130. The van der Waals surface area contributed by atoms with Gasteiger partial charge in [-0.2, -0.15) is 10.2 Å². The van der Waals surface area contributed by atoms with Gasteiger partial charge in [0.1, 0.15) is 11.6 Å². The minimum atomic E-state index is -3.37. The molecule has 0 aliphatic carbocycles. The highest BCUT2D eigenvalue weighted by atomic mass is 32.2. The second kappa shape index (κ2) is 61.5. The van der Waals surface area contributed by atoms with Crippen LogP contribution in [0.1, 0.15) is 217 Å². The number of ketones is 1. The third-order valence-corrected chi connectivity index (χ3v) is 16.8. The van der Waals surface area contributed by atoms with Crippen molar-refractivity contribution in [2.75, 3.05) is 62.1 Å². The molecule has 0 aliphatic heterocycles. The molecular weight excluding hydrogens is 1440 g/mol.